The Bertz CT molecular complexity index is 87.0. The summed E-state index contributed by atoms with van der Waals surface area (Å²) in [5.74, 6) is 1.63. The summed E-state index contributed by atoms with van der Waals surface area (Å²) in [6.07, 6.45) is -0.365. The Kier molecular flexibility index (Phi) is 5.51. The number of rotatable bonds is 3. The number of hydrogen-bond acceptors (Lipinski definition) is 3. The van der Waals surface area contributed by atoms with E-state index in [0.29, 0.717) is 5.88 Å². The lowest BCUT2D eigenvalue weighted by Crippen LogP contribution is -2.22. The first-order valence-electron chi connectivity index (χ1n) is 2.70. The van der Waals surface area contributed by atoms with E-state index in [2.05, 4.69) is 10.1 Å². The molecule has 0 aromatic carbocycles. The zero-order chi connectivity index (χ0) is 7.11. The van der Waals surface area contributed by atoms with Crippen LogP contribution in [0.15, 0.2) is 0 Å². The highest BCUT2D eigenvalue weighted by atomic mass is 32.2. The van der Waals surface area contributed by atoms with Crippen LogP contribution in [0.1, 0.15) is 6.92 Å². The third-order valence-electron chi connectivity index (χ3n) is 0.708. The smallest absolute Gasteiger partial charge is 0.407 e. The molecule has 0 heterocycles. The van der Waals surface area contributed by atoms with Crippen molar-refractivity contribution in [2.24, 2.45) is 0 Å². The first-order chi connectivity index (χ1) is 4.31. The molecule has 1 amide bonds. The molecule has 3 nitrogen and oxygen atoms in total. The zero-order valence-corrected chi connectivity index (χ0v) is 6.46. The number of alkyl carbamates (subject to hydrolysis) is 1. The highest BCUT2D eigenvalue weighted by Crippen LogP contribution is 1.93. The number of nitrogens with one attached hydrogen (secondary N) is 1. The quantitative estimate of drug-likeness (QED) is 0.481. The van der Waals surface area contributed by atoms with Gasteiger partial charge >= 0.3 is 6.09 Å². The summed E-state index contributed by atoms with van der Waals surface area (Å²) in [5, 5.41) is 2.54. The van der Waals surface area contributed by atoms with Crippen LogP contribution in [0.2, 0.25) is 0 Å². The standard InChI is InChI=1S/C5H11NO2S/c1-3-9-4-6-5(7)8-2/h3-4H2,1-2H3,(H,6,7). The van der Waals surface area contributed by atoms with Crippen molar-refractivity contribution in [2.45, 2.75) is 6.92 Å². The normalized spacial score (nSPS) is 8.67. The van der Waals surface area contributed by atoms with E-state index in [1.54, 1.807) is 11.8 Å². The highest BCUT2D eigenvalue weighted by Gasteiger charge is 1.93. The minimum absolute atomic E-state index is 0.365. The van der Waals surface area contributed by atoms with Crippen LogP contribution in [0.3, 0.4) is 0 Å². The van der Waals surface area contributed by atoms with Gasteiger partial charge in [-0.25, -0.2) is 4.79 Å². The van der Waals surface area contributed by atoms with Gasteiger partial charge in [-0.2, -0.15) is 0 Å². The van der Waals surface area contributed by atoms with Crippen molar-refractivity contribution in [1.29, 1.82) is 0 Å². The largest absolute Gasteiger partial charge is 0.453 e. The maximum absolute atomic E-state index is 10.3. The molecular weight excluding hydrogens is 138 g/mol. The van der Waals surface area contributed by atoms with Crippen LogP contribution in [0.4, 0.5) is 4.79 Å². The third-order valence-corrected chi connectivity index (χ3v) is 1.46. The Morgan fingerprint density at radius 3 is 2.89 bits per heavy atom. The lowest BCUT2D eigenvalue weighted by Gasteiger charge is -1.99. The van der Waals surface area contributed by atoms with Crippen LogP contribution in [-0.2, 0) is 4.74 Å². The molecule has 0 saturated heterocycles. The summed E-state index contributed by atoms with van der Waals surface area (Å²) >= 11 is 1.64. The van der Waals surface area contributed by atoms with Crippen molar-refractivity contribution < 1.29 is 9.53 Å². The fourth-order valence-electron chi connectivity index (χ4n) is 0.284. The molecule has 0 aromatic rings. The van der Waals surface area contributed by atoms with Gasteiger partial charge < -0.3 is 10.1 Å². The molecule has 9 heavy (non-hydrogen) atoms. The molecule has 0 unspecified atom stereocenters. The highest BCUT2D eigenvalue weighted by molar-refractivity contribution is 7.99. The van der Waals surface area contributed by atoms with Gasteiger partial charge in [-0.1, -0.05) is 6.92 Å². The number of hydrogen-bond donors (Lipinski definition) is 1. The minimum Gasteiger partial charge on any atom is -0.453 e. The average molecular weight is 149 g/mol. The summed E-state index contributed by atoms with van der Waals surface area (Å²) in [5.41, 5.74) is 0. The predicted molar refractivity (Wildman–Crippen MR) is 38.5 cm³/mol. The zero-order valence-electron chi connectivity index (χ0n) is 5.64. The van der Waals surface area contributed by atoms with Gasteiger partial charge in [-0.15, -0.1) is 11.8 Å². The van der Waals surface area contributed by atoms with Crippen LogP contribution < -0.4 is 5.32 Å². The van der Waals surface area contributed by atoms with Gasteiger partial charge in [0.2, 0.25) is 0 Å². The van der Waals surface area contributed by atoms with Crippen LogP contribution in [0.25, 0.3) is 0 Å². The summed E-state index contributed by atoms with van der Waals surface area (Å²) in [6, 6.07) is 0. The Balaban J connectivity index is 2.97. The maximum Gasteiger partial charge on any atom is 0.407 e. The van der Waals surface area contributed by atoms with Gasteiger partial charge in [-0.05, 0) is 5.75 Å². The van der Waals surface area contributed by atoms with E-state index in [9.17, 15) is 4.79 Å². The molecule has 4 heteroatoms. The maximum atomic E-state index is 10.3. The van der Waals surface area contributed by atoms with E-state index in [1.165, 1.54) is 7.11 Å². The van der Waals surface area contributed by atoms with Gasteiger partial charge in [0, 0.05) is 0 Å². The molecule has 54 valence electrons. The molecule has 0 aromatic heterocycles. The molecule has 0 spiro atoms. The van der Waals surface area contributed by atoms with E-state index in [-0.39, 0.29) is 6.09 Å². The van der Waals surface area contributed by atoms with Crippen molar-refractivity contribution in [2.75, 3.05) is 18.7 Å². The molecule has 0 aliphatic heterocycles. The summed E-state index contributed by atoms with van der Waals surface area (Å²) in [4.78, 5) is 10.3. The Morgan fingerprint density at radius 1 is 1.78 bits per heavy atom. The number of methoxy groups -OCH3 is 1. The Labute approximate surface area is 59.1 Å². The Hall–Kier alpha value is -0.380. The van der Waals surface area contributed by atoms with Gasteiger partial charge in [-0.3, -0.25) is 0 Å². The number of carbonyl (C=O) groups is 1. The molecule has 0 aliphatic carbocycles. The lowest BCUT2D eigenvalue weighted by atomic mass is 11.0. The number of ether oxygens (including phenoxy) is 1. The predicted octanol–water partition coefficient (Wildman–Crippen LogP) is 1.05. The van der Waals surface area contributed by atoms with Crippen molar-refractivity contribution in [1.82, 2.24) is 5.32 Å². The molecule has 0 atom stereocenters. The van der Waals surface area contributed by atoms with Crippen LogP contribution in [0.5, 0.6) is 0 Å². The third kappa shape index (κ3) is 5.49. The van der Waals surface area contributed by atoms with Crippen molar-refractivity contribution in [3.8, 4) is 0 Å². The lowest BCUT2D eigenvalue weighted by molar-refractivity contribution is 0.173. The van der Waals surface area contributed by atoms with E-state index in [4.69, 9.17) is 0 Å². The SMILES string of the molecule is CCSCNC(=O)OC. The number of thioether (sulfide) groups is 1. The molecular formula is C5H11NO2S. The minimum atomic E-state index is -0.365. The molecule has 1 N–H and O–H groups in total. The summed E-state index contributed by atoms with van der Waals surface area (Å²) < 4.78 is 4.33. The van der Waals surface area contributed by atoms with Crippen LogP contribution in [0, 0.1) is 0 Å². The van der Waals surface area contributed by atoms with Gasteiger partial charge in [0.15, 0.2) is 0 Å². The summed E-state index contributed by atoms with van der Waals surface area (Å²) in [7, 11) is 1.35. The van der Waals surface area contributed by atoms with E-state index in [0.717, 1.165) is 5.75 Å². The Morgan fingerprint density at radius 2 is 2.44 bits per heavy atom. The molecule has 0 rings (SSSR count). The van der Waals surface area contributed by atoms with Crippen molar-refractivity contribution in [3.05, 3.63) is 0 Å². The van der Waals surface area contributed by atoms with E-state index in [1.807, 2.05) is 6.92 Å². The van der Waals surface area contributed by atoms with E-state index >= 15 is 0 Å². The molecule has 0 bridgehead atoms. The van der Waals surface area contributed by atoms with Crippen molar-refractivity contribution >= 4 is 17.9 Å². The number of carbonyl (C=O) groups excluding carboxylic acids is 1. The van der Waals surface area contributed by atoms with Crippen molar-refractivity contribution in [3.63, 3.8) is 0 Å². The second kappa shape index (κ2) is 5.75. The van der Waals surface area contributed by atoms with Crippen LogP contribution in [-0.4, -0.2) is 24.8 Å². The van der Waals surface area contributed by atoms with Crippen LogP contribution >= 0.6 is 11.8 Å². The molecule has 0 aliphatic rings. The average Bonchev–Trinajstić information content (AvgIpc) is 1.89. The summed E-state index contributed by atoms with van der Waals surface area (Å²) in [6.45, 7) is 2.03. The van der Waals surface area contributed by atoms with E-state index < -0.39 is 0 Å². The first-order valence-corrected chi connectivity index (χ1v) is 3.86. The monoisotopic (exact) mass is 149 g/mol. The fraction of sp³-hybridized carbons (Fsp3) is 0.800. The molecule has 0 saturated carbocycles. The van der Waals surface area contributed by atoms with Gasteiger partial charge in [0.25, 0.3) is 0 Å². The molecule has 0 fully saturated rings. The molecule has 0 radical (unpaired) electrons. The fourth-order valence-corrected chi connectivity index (χ4v) is 0.708. The second-order valence-corrected chi connectivity index (χ2v) is 2.58. The first kappa shape index (κ1) is 8.62. The second-order valence-electron chi connectivity index (χ2n) is 1.31. The topological polar surface area (TPSA) is 38.3 Å². The van der Waals surface area contributed by atoms with Gasteiger partial charge in [0.1, 0.15) is 0 Å². The number of amides is 1. The van der Waals surface area contributed by atoms with Gasteiger partial charge in [0.05, 0.1) is 13.0 Å².